The van der Waals surface area contributed by atoms with Crippen LogP contribution in [0.3, 0.4) is 0 Å². The number of hydrogen-bond donors (Lipinski definition) is 2. The maximum Gasteiger partial charge on any atom is 0.251 e. The lowest BCUT2D eigenvalue weighted by Gasteiger charge is -2.27. The molecule has 1 rings (SSSR count). The summed E-state index contributed by atoms with van der Waals surface area (Å²) in [5, 5.41) is 13.1. The summed E-state index contributed by atoms with van der Waals surface area (Å²) in [5.41, 5.74) is 1.03. The lowest BCUT2D eigenvalue weighted by atomic mass is 10.0. The van der Waals surface area contributed by atoms with Gasteiger partial charge in [-0.05, 0) is 44.0 Å². The number of alkyl halides is 1. The summed E-state index contributed by atoms with van der Waals surface area (Å²) in [6, 6.07) is 4.86. The molecule has 0 aliphatic heterocycles. The van der Waals surface area contributed by atoms with Crippen molar-refractivity contribution in [2.45, 2.75) is 32.7 Å². The maximum absolute atomic E-state index is 12.0. The van der Waals surface area contributed by atoms with Crippen molar-refractivity contribution in [2.24, 2.45) is 0 Å². The zero-order valence-corrected chi connectivity index (χ0v) is 12.0. The van der Waals surface area contributed by atoms with Crippen molar-refractivity contribution in [3.63, 3.8) is 0 Å². The Morgan fingerprint density at radius 3 is 2.65 bits per heavy atom. The maximum atomic E-state index is 12.0. The molecule has 0 spiro atoms. The molecule has 2 N–H and O–H groups in total. The zero-order valence-electron chi connectivity index (χ0n) is 10.4. The molecule has 0 saturated heterocycles. The Kier molecular flexibility index (Phi) is 4.57. The second-order valence-electron chi connectivity index (χ2n) is 4.50. The Bertz CT molecular complexity index is 414. The molecule has 0 radical (unpaired) electrons. The van der Waals surface area contributed by atoms with Crippen LogP contribution in [0.4, 0.5) is 0 Å². The standard InChI is InChI=1S/C13H18BrNO2/c1-4-13(3,8-14)15-12(17)10-5-6-11(16)9(2)7-10/h5-7,16H,4,8H2,1-3H3,(H,15,17). The predicted octanol–water partition coefficient (Wildman–Crippen LogP) is 2.99. The lowest BCUT2D eigenvalue weighted by molar-refractivity contribution is 0.0913. The highest BCUT2D eigenvalue weighted by Crippen LogP contribution is 2.18. The molecule has 1 atom stereocenters. The minimum Gasteiger partial charge on any atom is -0.508 e. The Morgan fingerprint density at radius 2 is 2.18 bits per heavy atom. The molecule has 1 aromatic carbocycles. The third kappa shape index (κ3) is 3.46. The number of nitrogens with one attached hydrogen (secondary N) is 1. The summed E-state index contributed by atoms with van der Waals surface area (Å²) in [5.74, 6) is 0.0946. The van der Waals surface area contributed by atoms with Gasteiger partial charge in [-0.2, -0.15) is 0 Å². The zero-order chi connectivity index (χ0) is 13.1. The fourth-order valence-corrected chi connectivity index (χ4v) is 1.90. The van der Waals surface area contributed by atoms with Crippen LogP contribution >= 0.6 is 15.9 Å². The number of benzene rings is 1. The van der Waals surface area contributed by atoms with Crippen LogP contribution in [0, 0.1) is 6.92 Å². The normalized spacial score (nSPS) is 14.1. The summed E-state index contributed by atoms with van der Waals surface area (Å²) in [7, 11) is 0. The smallest absolute Gasteiger partial charge is 0.251 e. The average Bonchev–Trinajstić information content (AvgIpc) is 2.32. The summed E-state index contributed by atoms with van der Waals surface area (Å²) in [4.78, 5) is 12.0. The molecule has 0 saturated carbocycles. The van der Waals surface area contributed by atoms with Gasteiger partial charge in [0.2, 0.25) is 0 Å². The molecule has 4 heteroatoms. The van der Waals surface area contributed by atoms with E-state index in [0.717, 1.165) is 6.42 Å². The molecule has 94 valence electrons. The van der Waals surface area contributed by atoms with Crippen molar-refractivity contribution >= 4 is 21.8 Å². The molecular weight excluding hydrogens is 282 g/mol. The van der Waals surface area contributed by atoms with E-state index in [0.29, 0.717) is 16.5 Å². The van der Waals surface area contributed by atoms with Crippen LogP contribution < -0.4 is 5.32 Å². The van der Waals surface area contributed by atoms with Crippen LogP contribution in [0.25, 0.3) is 0 Å². The van der Waals surface area contributed by atoms with E-state index in [-0.39, 0.29) is 17.2 Å². The molecule has 0 aliphatic carbocycles. The van der Waals surface area contributed by atoms with Gasteiger partial charge in [-0.15, -0.1) is 0 Å². The molecule has 0 bridgehead atoms. The molecule has 0 aromatic heterocycles. The number of hydrogen-bond acceptors (Lipinski definition) is 2. The van der Waals surface area contributed by atoms with Crippen molar-refractivity contribution in [3.8, 4) is 5.75 Å². The predicted molar refractivity (Wildman–Crippen MR) is 72.8 cm³/mol. The first kappa shape index (κ1) is 14.0. The van der Waals surface area contributed by atoms with Crippen LogP contribution in [0.2, 0.25) is 0 Å². The number of halogens is 1. The van der Waals surface area contributed by atoms with Crippen molar-refractivity contribution in [3.05, 3.63) is 29.3 Å². The molecule has 1 amide bonds. The average molecular weight is 300 g/mol. The Balaban J connectivity index is 2.86. The van der Waals surface area contributed by atoms with Gasteiger partial charge in [-0.25, -0.2) is 0 Å². The van der Waals surface area contributed by atoms with Crippen LogP contribution in [-0.4, -0.2) is 21.9 Å². The highest BCUT2D eigenvalue weighted by Gasteiger charge is 2.23. The lowest BCUT2D eigenvalue weighted by Crippen LogP contribution is -2.46. The van der Waals surface area contributed by atoms with Gasteiger partial charge in [0.1, 0.15) is 5.75 Å². The summed E-state index contributed by atoms with van der Waals surface area (Å²) >= 11 is 3.40. The Morgan fingerprint density at radius 1 is 1.53 bits per heavy atom. The van der Waals surface area contributed by atoms with Gasteiger partial charge in [0, 0.05) is 16.4 Å². The van der Waals surface area contributed by atoms with Crippen molar-refractivity contribution in [2.75, 3.05) is 5.33 Å². The number of rotatable bonds is 4. The van der Waals surface area contributed by atoms with Crippen LogP contribution in [0.5, 0.6) is 5.75 Å². The molecule has 1 aromatic rings. The number of aryl methyl sites for hydroxylation is 1. The van der Waals surface area contributed by atoms with E-state index in [1.54, 1.807) is 25.1 Å². The molecule has 1 unspecified atom stereocenters. The van der Waals surface area contributed by atoms with Gasteiger partial charge in [-0.1, -0.05) is 22.9 Å². The topological polar surface area (TPSA) is 49.3 Å². The number of aromatic hydroxyl groups is 1. The summed E-state index contributed by atoms with van der Waals surface area (Å²) in [6.07, 6.45) is 0.848. The fourth-order valence-electron chi connectivity index (χ4n) is 1.36. The van der Waals surface area contributed by atoms with Gasteiger partial charge in [0.15, 0.2) is 0 Å². The van der Waals surface area contributed by atoms with Crippen LogP contribution in [-0.2, 0) is 0 Å². The van der Waals surface area contributed by atoms with E-state index in [9.17, 15) is 9.90 Å². The largest absolute Gasteiger partial charge is 0.508 e. The Labute approximate surface area is 110 Å². The molecule has 0 heterocycles. The SMILES string of the molecule is CCC(C)(CBr)NC(=O)c1ccc(O)c(C)c1. The van der Waals surface area contributed by atoms with E-state index >= 15 is 0 Å². The van der Waals surface area contributed by atoms with Gasteiger partial charge in [0.25, 0.3) is 5.91 Å². The molecule has 0 fully saturated rings. The Hall–Kier alpha value is -1.03. The number of carbonyl (C=O) groups excluding carboxylic acids is 1. The first-order valence-corrected chi connectivity index (χ1v) is 6.72. The minimum absolute atomic E-state index is 0.114. The second kappa shape index (κ2) is 5.54. The highest BCUT2D eigenvalue weighted by molar-refractivity contribution is 9.09. The van der Waals surface area contributed by atoms with E-state index < -0.39 is 0 Å². The first-order chi connectivity index (χ1) is 7.91. The van der Waals surface area contributed by atoms with Gasteiger partial charge >= 0.3 is 0 Å². The monoisotopic (exact) mass is 299 g/mol. The molecule has 0 aliphatic rings. The van der Waals surface area contributed by atoms with Crippen LogP contribution in [0.1, 0.15) is 36.2 Å². The van der Waals surface area contributed by atoms with E-state index in [1.807, 2.05) is 13.8 Å². The van der Waals surface area contributed by atoms with E-state index in [4.69, 9.17) is 0 Å². The van der Waals surface area contributed by atoms with E-state index in [1.165, 1.54) is 0 Å². The number of phenols is 1. The van der Waals surface area contributed by atoms with E-state index in [2.05, 4.69) is 21.2 Å². The third-order valence-corrected chi connectivity index (χ3v) is 4.19. The van der Waals surface area contributed by atoms with Gasteiger partial charge < -0.3 is 10.4 Å². The van der Waals surface area contributed by atoms with Crippen molar-refractivity contribution in [1.82, 2.24) is 5.32 Å². The third-order valence-electron chi connectivity index (χ3n) is 2.95. The molecular formula is C13H18BrNO2. The summed E-state index contributed by atoms with van der Waals surface area (Å²) < 4.78 is 0. The molecule has 17 heavy (non-hydrogen) atoms. The minimum atomic E-state index is -0.247. The number of carbonyl (C=O) groups is 1. The second-order valence-corrected chi connectivity index (χ2v) is 5.06. The number of amides is 1. The fraction of sp³-hybridized carbons (Fsp3) is 0.462. The quantitative estimate of drug-likeness (QED) is 0.840. The highest BCUT2D eigenvalue weighted by atomic mass is 79.9. The first-order valence-electron chi connectivity index (χ1n) is 5.60. The molecule has 3 nitrogen and oxygen atoms in total. The van der Waals surface area contributed by atoms with Crippen molar-refractivity contribution < 1.29 is 9.90 Å². The van der Waals surface area contributed by atoms with Gasteiger partial charge in [-0.3, -0.25) is 4.79 Å². The van der Waals surface area contributed by atoms with Crippen molar-refractivity contribution in [1.29, 1.82) is 0 Å². The van der Waals surface area contributed by atoms with Crippen LogP contribution in [0.15, 0.2) is 18.2 Å². The number of phenolic OH excluding ortho intramolecular Hbond substituents is 1. The summed E-state index contributed by atoms with van der Waals surface area (Å²) in [6.45, 7) is 5.80. The van der Waals surface area contributed by atoms with Gasteiger partial charge in [0.05, 0.1) is 0 Å².